The van der Waals surface area contributed by atoms with Gasteiger partial charge in [-0.05, 0) is 43.5 Å². The Morgan fingerprint density at radius 2 is 2.00 bits per heavy atom. The van der Waals surface area contributed by atoms with E-state index in [4.69, 9.17) is 0 Å². The number of benzene rings is 1. The topological polar surface area (TPSA) is 45.2 Å². The highest BCUT2D eigenvalue weighted by Gasteiger charge is 2.09. The van der Waals surface area contributed by atoms with Crippen molar-refractivity contribution in [3.8, 4) is 5.75 Å². The third-order valence-corrected chi connectivity index (χ3v) is 3.42. The average Bonchev–Trinajstić information content (AvgIpc) is 2.76. The number of hydrogen-bond donors (Lipinski definition) is 2. The van der Waals surface area contributed by atoms with Gasteiger partial charge in [0.05, 0.1) is 0 Å². The van der Waals surface area contributed by atoms with Crippen molar-refractivity contribution >= 4 is 22.2 Å². The number of rotatable bonds is 2. The molecule has 0 saturated heterocycles. The molecule has 2 aromatic rings. The highest BCUT2D eigenvalue weighted by atomic mass is 32.1. The van der Waals surface area contributed by atoms with E-state index in [0.717, 1.165) is 27.5 Å². The summed E-state index contributed by atoms with van der Waals surface area (Å²) in [5.41, 5.74) is 3.85. The maximum absolute atomic E-state index is 9.80. The van der Waals surface area contributed by atoms with Gasteiger partial charge in [-0.25, -0.2) is 4.98 Å². The van der Waals surface area contributed by atoms with E-state index in [0.29, 0.717) is 5.75 Å². The standard InChI is InChI=1S/C12H14N2OS/c1-7-6-10(8(2)9(3)11(7)15)14-12-13-4-5-16-12/h4-6,15H,1-3H3,(H,13,14). The normalized spacial score (nSPS) is 10.4. The van der Waals surface area contributed by atoms with Crippen molar-refractivity contribution in [2.45, 2.75) is 20.8 Å². The molecule has 16 heavy (non-hydrogen) atoms. The zero-order chi connectivity index (χ0) is 11.7. The van der Waals surface area contributed by atoms with Crippen LogP contribution in [0, 0.1) is 20.8 Å². The van der Waals surface area contributed by atoms with Crippen LogP contribution >= 0.6 is 11.3 Å². The van der Waals surface area contributed by atoms with E-state index < -0.39 is 0 Å². The molecule has 0 aliphatic rings. The first kappa shape index (κ1) is 11.0. The molecule has 4 heteroatoms. The van der Waals surface area contributed by atoms with Crippen LogP contribution in [-0.2, 0) is 0 Å². The molecular formula is C12H14N2OS. The van der Waals surface area contributed by atoms with E-state index in [2.05, 4.69) is 10.3 Å². The summed E-state index contributed by atoms with van der Waals surface area (Å²) in [6, 6.07) is 1.94. The fourth-order valence-electron chi connectivity index (χ4n) is 1.60. The van der Waals surface area contributed by atoms with Gasteiger partial charge in [-0.3, -0.25) is 0 Å². The molecule has 3 nitrogen and oxygen atoms in total. The highest BCUT2D eigenvalue weighted by Crippen LogP contribution is 2.32. The first-order chi connectivity index (χ1) is 7.59. The van der Waals surface area contributed by atoms with Crippen LogP contribution in [0.25, 0.3) is 0 Å². The van der Waals surface area contributed by atoms with Gasteiger partial charge in [-0.2, -0.15) is 0 Å². The summed E-state index contributed by atoms with van der Waals surface area (Å²) in [6.45, 7) is 5.81. The Bertz CT molecular complexity index is 506. The van der Waals surface area contributed by atoms with Crippen molar-refractivity contribution < 1.29 is 5.11 Å². The number of aromatic nitrogens is 1. The molecule has 2 N–H and O–H groups in total. The number of aromatic hydroxyl groups is 1. The number of phenols is 1. The molecular weight excluding hydrogens is 220 g/mol. The van der Waals surface area contributed by atoms with Crippen molar-refractivity contribution in [3.05, 3.63) is 34.3 Å². The third-order valence-electron chi connectivity index (χ3n) is 2.73. The SMILES string of the molecule is Cc1cc(Nc2nccs2)c(C)c(C)c1O. The molecule has 0 bridgehead atoms. The van der Waals surface area contributed by atoms with Crippen LogP contribution in [0.3, 0.4) is 0 Å². The summed E-state index contributed by atoms with van der Waals surface area (Å²) >= 11 is 1.56. The number of anilines is 2. The number of aryl methyl sites for hydroxylation is 1. The predicted molar refractivity (Wildman–Crippen MR) is 67.7 cm³/mol. The minimum atomic E-state index is 0.377. The maximum Gasteiger partial charge on any atom is 0.187 e. The second-order valence-corrected chi connectivity index (χ2v) is 4.70. The van der Waals surface area contributed by atoms with Gasteiger partial charge in [0, 0.05) is 17.3 Å². The lowest BCUT2D eigenvalue weighted by Gasteiger charge is -2.13. The minimum Gasteiger partial charge on any atom is -0.507 e. The molecule has 0 atom stereocenters. The summed E-state index contributed by atoms with van der Waals surface area (Å²) in [5, 5.41) is 15.9. The number of thiazole rings is 1. The molecule has 84 valence electrons. The van der Waals surface area contributed by atoms with Crippen molar-refractivity contribution in [1.29, 1.82) is 0 Å². The Kier molecular flexibility index (Phi) is 2.83. The van der Waals surface area contributed by atoms with E-state index in [9.17, 15) is 5.11 Å². The largest absolute Gasteiger partial charge is 0.507 e. The molecule has 0 saturated carbocycles. The van der Waals surface area contributed by atoms with E-state index in [-0.39, 0.29) is 0 Å². The zero-order valence-electron chi connectivity index (χ0n) is 9.53. The Balaban J connectivity index is 2.42. The van der Waals surface area contributed by atoms with Gasteiger partial charge in [0.25, 0.3) is 0 Å². The molecule has 0 aliphatic carbocycles. The van der Waals surface area contributed by atoms with Crippen molar-refractivity contribution in [2.24, 2.45) is 0 Å². The van der Waals surface area contributed by atoms with Crippen LogP contribution in [0.4, 0.5) is 10.8 Å². The van der Waals surface area contributed by atoms with Crippen LogP contribution in [-0.4, -0.2) is 10.1 Å². The van der Waals surface area contributed by atoms with Gasteiger partial charge in [0.15, 0.2) is 5.13 Å². The van der Waals surface area contributed by atoms with Crippen molar-refractivity contribution in [1.82, 2.24) is 4.98 Å². The fourth-order valence-corrected chi connectivity index (χ4v) is 2.14. The number of phenolic OH excluding ortho intramolecular Hbond substituents is 1. The second kappa shape index (κ2) is 4.14. The first-order valence-corrected chi connectivity index (χ1v) is 5.94. The van der Waals surface area contributed by atoms with Gasteiger partial charge in [0.1, 0.15) is 5.75 Å². The van der Waals surface area contributed by atoms with Crippen LogP contribution in [0.5, 0.6) is 5.75 Å². The Morgan fingerprint density at radius 3 is 2.62 bits per heavy atom. The summed E-state index contributed by atoms with van der Waals surface area (Å²) < 4.78 is 0. The summed E-state index contributed by atoms with van der Waals surface area (Å²) in [4.78, 5) is 4.18. The van der Waals surface area contributed by atoms with Crippen LogP contribution in [0.15, 0.2) is 17.6 Å². The van der Waals surface area contributed by atoms with Crippen molar-refractivity contribution in [3.63, 3.8) is 0 Å². The maximum atomic E-state index is 9.80. The average molecular weight is 234 g/mol. The number of nitrogens with one attached hydrogen (secondary N) is 1. The summed E-state index contributed by atoms with van der Waals surface area (Å²) in [6.07, 6.45) is 1.77. The first-order valence-electron chi connectivity index (χ1n) is 5.06. The lowest BCUT2D eigenvalue weighted by molar-refractivity contribution is 0.466. The minimum absolute atomic E-state index is 0.377. The van der Waals surface area contributed by atoms with Crippen LogP contribution in [0.1, 0.15) is 16.7 Å². The monoisotopic (exact) mass is 234 g/mol. The Labute approximate surface area is 98.8 Å². The molecule has 1 aromatic heterocycles. The third kappa shape index (κ3) is 1.88. The molecule has 0 fully saturated rings. The molecule has 0 aliphatic heterocycles. The van der Waals surface area contributed by atoms with E-state index in [1.807, 2.05) is 32.2 Å². The fraction of sp³-hybridized carbons (Fsp3) is 0.250. The molecule has 2 rings (SSSR count). The smallest absolute Gasteiger partial charge is 0.187 e. The van der Waals surface area contributed by atoms with Crippen molar-refractivity contribution in [2.75, 3.05) is 5.32 Å². The Hall–Kier alpha value is -1.55. The lowest BCUT2D eigenvalue weighted by atomic mass is 10.0. The highest BCUT2D eigenvalue weighted by molar-refractivity contribution is 7.13. The van der Waals surface area contributed by atoms with Gasteiger partial charge < -0.3 is 10.4 Å². The molecule has 1 heterocycles. The molecule has 0 spiro atoms. The zero-order valence-corrected chi connectivity index (χ0v) is 10.4. The predicted octanol–water partition coefficient (Wildman–Crippen LogP) is 3.52. The molecule has 0 unspecified atom stereocenters. The van der Waals surface area contributed by atoms with Crippen LogP contribution < -0.4 is 5.32 Å². The number of hydrogen-bond acceptors (Lipinski definition) is 4. The second-order valence-electron chi connectivity index (χ2n) is 3.80. The summed E-state index contributed by atoms with van der Waals surface area (Å²) in [7, 11) is 0. The summed E-state index contributed by atoms with van der Waals surface area (Å²) in [5.74, 6) is 0.377. The van der Waals surface area contributed by atoms with E-state index in [1.165, 1.54) is 0 Å². The van der Waals surface area contributed by atoms with Gasteiger partial charge in [-0.15, -0.1) is 11.3 Å². The molecule has 0 radical (unpaired) electrons. The van der Waals surface area contributed by atoms with Gasteiger partial charge >= 0.3 is 0 Å². The van der Waals surface area contributed by atoms with Gasteiger partial charge in [-0.1, -0.05) is 0 Å². The molecule has 0 amide bonds. The van der Waals surface area contributed by atoms with Gasteiger partial charge in [0.2, 0.25) is 0 Å². The van der Waals surface area contributed by atoms with E-state index in [1.54, 1.807) is 17.5 Å². The number of nitrogens with zero attached hydrogens (tertiary/aromatic N) is 1. The van der Waals surface area contributed by atoms with Crippen LogP contribution in [0.2, 0.25) is 0 Å². The lowest BCUT2D eigenvalue weighted by Crippen LogP contribution is -1.96. The molecule has 1 aromatic carbocycles. The quantitative estimate of drug-likeness (QED) is 0.781. The Morgan fingerprint density at radius 1 is 1.25 bits per heavy atom. The van der Waals surface area contributed by atoms with E-state index >= 15 is 0 Å².